The van der Waals surface area contributed by atoms with Crippen LogP contribution in [-0.2, 0) is 10.0 Å². The summed E-state index contributed by atoms with van der Waals surface area (Å²) in [6.07, 6.45) is 1.42. The van der Waals surface area contributed by atoms with Crippen LogP contribution in [0, 0.1) is 6.92 Å². The zero-order valence-electron chi connectivity index (χ0n) is 11.9. The predicted octanol–water partition coefficient (Wildman–Crippen LogP) is 2.20. The summed E-state index contributed by atoms with van der Waals surface area (Å²) in [6.45, 7) is 1.68. The Labute approximate surface area is 133 Å². The number of amides is 1. The number of anilines is 1. The average molecular weight is 340 g/mol. The number of hydrogen-bond donors (Lipinski definition) is 2. The summed E-state index contributed by atoms with van der Waals surface area (Å²) in [5, 5.41) is 2.84. The van der Waals surface area contributed by atoms with Crippen LogP contribution in [0.15, 0.2) is 41.4 Å². The number of aromatic nitrogens is 1. The maximum Gasteiger partial charge on any atom is 0.255 e. The molecule has 1 aromatic carbocycles. The SMILES string of the molecule is CNS(=O)(=O)c1cc(NC(=O)c2ccnc(Cl)c2)ccc1C. The van der Waals surface area contributed by atoms with E-state index in [1.165, 1.54) is 31.4 Å². The van der Waals surface area contributed by atoms with Crippen molar-refractivity contribution in [2.24, 2.45) is 0 Å². The summed E-state index contributed by atoms with van der Waals surface area (Å²) in [4.78, 5) is 16.0. The smallest absolute Gasteiger partial charge is 0.255 e. The van der Waals surface area contributed by atoms with Gasteiger partial charge in [-0.15, -0.1) is 0 Å². The van der Waals surface area contributed by atoms with Crippen LogP contribution in [-0.4, -0.2) is 26.4 Å². The quantitative estimate of drug-likeness (QED) is 0.836. The van der Waals surface area contributed by atoms with E-state index in [4.69, 9.17) is 11.6 Å². The molecule has 8 heteroatoms. The molecule has 0 saturated carbocycles. The number of benzene rings is 1. The number of carbonyl (C=O) groups excluding carboxylic acids is 1. The maximum absolute atomic E-state index is 12.1. The van der Waals surface area contributed by atoms with Crippen molar-refractivity contribution in [3.63, 3.8) is 0 Å². The molecule has 0 spiro atoms. The topological polar surface area (TPSA) is 88.2 Å². The fourth-order valence-electron chi connectivity index (χ4n) is 1.82. The minimum atomic E-state index is -3.59. The third-order valence-corrected chi connectivity index (χ3v) is 4.76. The van der Waals surface area contributed by atoms with Crippen LogP contribution in [0.3, 0.4) is 0 Å². The van der Waals surface area contributed by atoms with Gasteiger partial charge in [0.15, 0.2) is 0 Å². The molecule has 0 aliphatic carbocycles. The van der Waals surface area contributed by atoms with Gasteiger partial charge >= 0.3 is 0 Å². The van der Waals surface area contributed by atoms with E-state index in [2.05, 4.69) is 15.0 Å². The first kappa shape index (κ1) is 16.4. The number of nitrogens with zero attached hydrogens (tertiary/aromatic N) is 1. The van der Waals surface area contributed by atoms with E-state index in [9.17, 15) is 13.2 Å². The molecule has 0 aliphatic rings. The second-order valence-corrected chi connectivity index (χ2v) is 6.75. The monoisotopic (exact) mass is 339 g/mol. The molecule has 0 unspecified atom stereocenters. The minimum absolute atomic E-state index is 0.112. The Morgan fingerprint density at radius 1 is 1.23 bits per heavy atom. The Morgan fingerprint density at radius 3 is 2.59 bits per heavy atom. The van der Waals surface area contributed by atoms with E-state index in [1.54, 1.807) is 19.1 Å². The number of sulfonamides is 1. The second-order valence-electron chi connectivity index (χ2n) is 4.51. The third kappa shape index (κ3) is 3.62. The van der Waals surface area contributed by atoms with E-state index in [1.807, 2.05) is 0 Å². The normalized spacial score (nSPS) is 11.2. The third-order valence-electron chi connectivity index (χ3n) is 2.99. The first-order valence-corrected chi connectivity index (χ1v) is 8.17. The average Bonchev–Trinajstić information content (AvgIpc) is 2.49. The largest absolute Gasteiger partial charge is 0.322 e. The van der Waals surface area contributed by atoms with Gasteiger partial charge in [-0.2, -0.15) is 0 Å². The van der Waals surface area contributed by atoms with Gasteiger partial charge in [0.25, 0.3) is 5.91 Å². The molecule has 6 nitrogen and oxygen atoms in total. The summed E-state index contributed by atoms with van der Waals surface area (Å²) < 4.78 is 26.1. The van der Waals surface area contributed by atoms with E-state index in [0.29, 0.717) is 16.8 Å². The van der Waals surface area contributed by atoms with Crippen LogP contribution in [0.25, 0.3) is 0 Å². The van der Waals surface area contributed by atoms with Gasteiger partial charge in [0.05, 0.1) is 4.90 Å². The standard InChI is InChI=1S/C14H14ClN3O3S/c1-9-3-4-11(8-12(9)22(20,21)16-2)18-14(19)10-5-6-17-13(15)7-10/h3-8,16H,1-2H3,(H,18,19). The first-order valence-electron chi connectivity index (χ1n) is 6.30. The first-order chi connectivity index (χ1) is 10.3. The lowest BCUT2D eigenvalue weighted by molar-refractivity contribution is 0.102. The van der Waals surface area contributed by atoms with Crippen molar-refractivity contribution in [2.75, 3.05) is 12.4 Å². The number of halogens is 1. The molecule has 2 N–H and O–H groups in total. The predicted molar refractivity (Wildman–Crippen MR) is 84.6 cm³/mol. The lowest BCUT2D eigenvalue weighted by Gasteiger charge is -2.10. The number of pyridine rings is 1. The van der Waals surface area contributed by atoms with Crippen molar-refractivity contribution in [3.05, 3.63) is 52.8 Å². The summed E-state index contributed by atoms with van der Waals surface area (Å²) in [6, 6.07) is 7.60. The van der Waals surface area contributed by atoms with Crippen molar-refractivity contribution in [1.82, 2.24) is 9.71 Å². The van der Waals surface area contributed by atoms with E-state index < -0.39 is 15.9 Å². The van der Waals surface area contributed by atoms with Gasteiger partial charge in [0.2, 0.25) is 10.0 Å². The number of rotatable bonds is 4. The van der Waals surface area contributed by atoms with Crippen molar-refractivity contribution < 1.29 is 13.2 Å². The van der Waals surface area contributed by atoms with E-state index >= 15 is 0 Å². The molecule has 116 valence electrons. The Hall–Kier alpha value is -1.96. The Balaban J connectivity index is 2.31. The summed E-state index contributed by atoms with van der Waals surface area (Å²) in [5.74, 6) is -0.402. The fraction of sp³-hybridized carbons (Fsp3) is 0.143. The van der Waals surface area contributed by atoms with E-state index in [0.717, 1.165) is 0 Å². The molecule has 0 aliphatic heterocycles. The Kier molecular flexibility index (Phi) is 4.80. The molecule has 1 amide bonds. The molecule has 1 heterocycles. The zero-order valence-corrected chi connectivity index (χ0v) is 13.5. The molecular weight excluding hydrogens is 326 g/mol. The van der Waals surface area contributed by atoms with Crippen LogP contribution in [0.1, 0.15) is 15.9 Å². The van der Waals surface area contributed by atoms with Crippen molar-refractivity contribution in [1.29, 1.82) is 0 Å². The molecule has 2 rings (SSSR count). The van der Waals surface area contributed by atoms with Crippen LogP contribution in [0.2, 0.25) is 5.15 Å². The number of carbonyl (C=O) groups is 1. The van der Waals surface area contributed by atoms with Gasteiger partial charge in [0.1, 0.15) is 5.15 Å². The van der Waals surface area contributed by atoms with Gasteiger partial charge in [0, 0.05) is 17.4 Å². The minimum Gasteiger partial charge on any atom is -0.322 e. The molecule has 0 radical (unpaired) electrons. The number of aryl methyl sites for hydroxylation is 1. The highest BCUT2D eigenvalue weighted by Gasteiger charge is 2.16. The van der Waals surface area contributed by atoms with Gasteiger partial charge in [-0.25, -0.2) is 18.1 Å². The van der Waals surface area contributed by atoms with Gasteiger partial charge in [-0.05, 0) is 43.8 Å². The highest BCUT2D eigenvalue weighted by Crippen LogP contribution is 2.20. The summed E-state index contributed by atoms with van der Waals surface area (Å²) >= 11 is 5.74. The molecule has 0 fully saturated rings. The highest BCUT2D eigenvalue weighted by atomic mass is 35.5. The van der Waals surface area contributed by atoms with Crippen LogP contribution in [0.5, 0.6) is 0 Å². The summed E-state index contributed by atoms with van der Waals surface area (Å²) in [5.41, 5.74) is 1.29. The Bertz CT molecular complexity index is 822. The zero-order chi connectivity index (χ0) is 16.3. The molecule has 22 heavy (non-hydrogen) atoms. The maximum atomic E-state index is 12.1. The Morgan fingerprint density at radius 2 is 1.95 bits per heavy atom. The molecule has 0 atom stereocenters. The van der Waals surface area contributed by atoms with Gasteiger partial charge in [-0.3, -0.25) is 4.79 Å². The molecule has 0 saturated heterocycles. The fourth-order valence-corrected chi connectivity index (χ4v) is 2.99. The lowest BCUT2D eigenvalue weighted by atomic mass is 10.2. The van der Waals surface area contributed by atoms with Crippen molar-refractivity contribution in [2.45, 2.75) is 11.8 Å². The van der Waals surface area contributed by atoms with Gasteiger partial charge in [-0.1, -0.05) is 17.7 Å². The molecule has 2 aromatic rings. The van der Waals surface area contributed by atoms with Gasteiger partial charge < -0.3 is 5.32 Å². The lowest BCUT2D eigenvalue weighted by Crippen LogP contribution is -2.20. The van der Waals surface area contributed by atoms with Crippen LogP contribution in [0.4, 0.5) is 5.69 Å². The highest BCUT2D eigenvalue weighted by molar-refractivity contribution is 7.89. The van der Waals surface area contributed by atoms with E-state index in [-0.39, 0.29) is 10.0 Å². The molecular formula is C14H14ClN3O3S. The van der Waals surface area contributed by atoms with Crippen LogP contribution < -0.4 is 10.0 Å². The second kappa shape index (κ2) is 6.43. The van der Waals surface area contributed by atoms with Crippen molar-refractivity contribution in [3.8, 4) is 0 Å². The molecule has 1 aromatic heterocycles. The van der Waals surface area contributed by atoms with Crippen molar-refractivity contribution >= 4 is 33.2 Å². The molecule has 0 bridgehead atoms. The summed E-state index contributed by atoms with van der Waals surface area (Å²) in [7, 11) is -2.26. The number of hydrogen-bond acceptors (Lipinski definition) is 4. The van der Waals surface area contributed by atoms with Crippen LogP contribution >= 0.6 is 11.6 Å². The number of nitrogens with one attached hydrogen (secondary N) is 2.